The lowest BCUT2D eigenvalue weighted by molar-refractivity contribution is -0.143. The molecule has 2 rings (SSSR count). The van der Waals surface area contributed by atoms with Crippen LogP contribution in [-0.2, 0) is 9.53 Å². The van der Waals surface area contributed by atoms with E-state index < -0.39 is 0 Å². The first-order valence-corrected chi connectivity index (χ1v) is 6.17. The number of hydrogen-bond acceptors (Lipinski definition) is 2. The van der Waals surface area contributed by atoms with Gasteiger partial charge in [-0.1, -0.05) is 34.6 Å². The quantitative estimate of drug-likeness (QED) is 0.741. The fourth-order valence-electron chi connectivity index (χ4n) is 2.98. The Kier molecular flexibility index (Phi) is 2.57. The van der Waals surface area contributed by atoms with Crippen LogP contribution in [0.25, 0.3) is 0 Å². The van der Waals surface area contributed by atoms with E-state index >= 15 is 0 Å². The first-order chi connectivity index (χ1) is 7.24. The molecule has 2 fully saturated rings. The van der Waals surface area contributed by atoms with Crippen LogP contribution in [0.5, 0.6) is 0 Å². The van der Waals surface area contributed by atoms with Crippen molar-refractivity contribution in [1.29, 1.82) is 0 Å². The molecule has 1 amide bonds. The summed E-state index contributed by atoms with van der Waals surface area (Å²) < 4.78 is 5.71. The maximum Gasteiger partial charge on any atom is 0.225 e. The van der Waals surface area contributed by atoms with Crippen LogP contribution >= 0.6 is 0 Å². The van der Waals surface area contributed by atoms with E-state index in [0.717, 1.165) is 13.0 Å². The predicted octanol–water partition coefficient (Wildman–Crippen LogP) is 1.96. The fraction of sp³-hybridized carbons (Fsp3) is 0.923. The molecule has 1 aliphatic heterocycles. The average Bonchev–Trinajstić information content (AvgIpc) is 2.58. The minimum Gasteiger partial charge on any atom is -0.377 e. The lowest BCUT2D eigenvalue weighted by Gasteiger charge is -2.55. The number of nitrogens with one attached hydrogen (secondary N) is 1. The van der Waals surface area contributed by atoms with E-state index in [1.54, 1.807) is 0 Å². The third-order valence-electron chi connectivity index (χ3n) is 4.07. The molecule has 92 valence electrons. The molecule has 1 aliphatic carbocycles. The molecule has 1 saturated heterocycles. The highest BCUT2D eigenvalue weighted by molar-refractivity contribution is 5.81. The van der Waals surface area contributed by atoms with E-state index in [-0.39, 0.29) is 22.8 Å². The number of amides is 1. The molecule has 0 bridgehead atoms. The van der Waals surface area contributed by atoms with E-state index in [0.29, 0.717) is 12.0 Å². The minimum absolute atomic E-state index is 0.0854. The zero-order valence-electron chi connectivity index (χ0n) is 11.0. The maximum atomic E-state index is 12.0. The van der Waals surface area contributed by atoms with Crippen LogP contribution in [0.3, 0.4) is 0 Å². The van der Waals surface area contributed by atoms with Crippen LogP contribution < -0.4 is 5.32 Å². The van der Waals surface area contributed by atoms with Crippen LogP contribution in [0, 0.1) is 16.7 Å². The van der Waals surface area contributed by atoms with Gasteiger partial charge in [-0.3, -0.25) is 4.79 Å². The van der Waals surface area contributed by atoms with Gasteiger partial charge in [0, 0.05) is 29.4 Å². The summed E-state index contributed by atoms with van der Waals surface area (Å²) in [6, 6.07) is 0.284. The van der Waals surface area contributed by atoms with Gasteiger partial charge in [0.15, 0.2) is 0 Å². The molecule has 3 nitrogen and oxygen atoms in total. The smallest absolute Gasteiger partial charge is 0.225 e. The van der Waals surface area contributed by atoms with Crippen molar-refractivity contribution in [2.75, 3.05) is 6.61 Å². The first kappa shape index (κ1) is 11.9. The summed E-state index contributed by atoms with van der Waals surface area (Å²) >= 11 is 0. The number of carbonyl (C=O) groups is 1. The molecule has 0 spiro atoms. The lowest BCUT2D eigenvalue weighted by atomic mass is 9.57. The SMILES string of the molecule is CC(C)(C)C(=O)NC1C2CCOC2C1(C)C. The van der Waals surface area contributed by atoms with Gasteiger partial charge in [-0.15, -0.1) is 0 Å². The van der Waals surface area contributed by atoms with Crippen LogP contribution in [-0.4, -0.2) is 24.7 Å². The Bertz CT molecular complexity index is 304. The lowest BCUT2D eigenvalue weighted by Crippen LogP contribution is -2.67. The second-order valence-electron chi connectivity index (χ2n) is 6.77. The number of fused-ring (bicyclic) bond motifs is 1. The predicted molar refractivity (Wildman–Crippen MR) is 63.0 cm³/mol. The van der Waals surface area contributed by atoms with E-state index in [2.05, 4.69) is 19.2 Å². The zero-order valence-corrected chi connectivity index (χ0v) is 11.0. The molecule has 1 N–H and O–H groups in total. The van der Waals surface area contributed by atoms with Crippen LogP contribution in [0.1, 0.15) is 41.0 Å². The number of carbonyl (C=O) groups excluding carboxylic acids is 1. The van der Waals surface area contributed by atoms with Crippen molar-refractivity contribution in [3.63, 3.8) is 0 Å². The van der Waals surface area contributed by atoms with Gasteiger partial charge in [0.2, 0.25) is 5.91 Å². The van der Waals surface area contributed by atoms with Gasteiger partial charge < -0.3 is 10.1 Å². The largest absolute Gasteiger partial charge is 0.377 e. The monoisotopic (exact) mass is 225 g/mol. The molecule has 2 aliphatic rings. The van der Waals surface area contributed by atoms with Crippen molar-refractivity contribution in [2.24, 2.45) is 16.7 Å². The maximum absolute atomic E-state index is 12.0. The molecular formula is C13H23NO2. The zero-order chi connectivity index (χ0) is 12.1. The van der Waals surface area contributed by atoms with Gasteiger partial charge in [-0.05, 0) is 6.42 Å². The summed E-state index contributed by atoms with van der Waals surface area (Å²) in [6.45, 7) is 11.1. The molecule has 0 aromatic heterocycles. The van der Waals surface area contributed by atoms with Crippen molar-refractivity contribution in [3.8, 4) is 0 Å². The summed E-state index contributed by atoms with van der Waals surface area (Å²) in [5.41, 5.74) is -0.220. The summed E-state index contributed by atoms with van der Waals surface area (Å²) in [4.78, 5) is 12.0. The number of rotatable bonds is 1. The van der Waals surface area contributed by atoms with Gasteiger partial charge in [0.25, 0.3) is 0 Å². The third-order valence-corrected chi connectivity index (χ3v) is 4.07. The second-order valence-corrected chi connectivity index (χ2v) is 6.77. The molecule has 0 aromatic carbocycles. The second kappa shape index (κ2) is 3.46. The first-order valence-electron chi connectivity index (χ1n) is 6.17. The van der Waals surface area contributed by atoms with E-state index in [1.165, 1.54) is 0 Å². The van der Waals surface area contributed by atoms with Crippen molar-refractivity contribution in [1.82, 2.24) is 5.32 Å². The topological polar surface area (TPSA) is 38.3 Å². The van der Waals surface area contributed by atoms with Crippen LogP contribution in [0.15, 0.2) is 0 Å². The van der Waals surface area contributed by atoms with Crippen molar-refractivity contribution >= 4 is 5.91 Å². The molecule has 3 atom stereocenters. The minimum atomic E-state index is -0.305. The highest BCUT2D eigenvalue weighted by atomic mass is 16.5. The average molecular weight is 225 g/mol. The highest BCUT2D eigenvalue weighted by Gasteiger charge is 2.60. The Hall–Kier alpha value is -0.570. The Balaban J connectivity index is 2.03. The molecular weight excluding hydrogens is 202 g/mol. The summed E-state index contributed by atoms with van der Waals surface area (Å²) in [6.07, 6.45) is 1.43. The van der Waals surface area contributed by atoms with Crippen LogP contribution in [0.2, 0.25) is 0 Å². The van der Waals surface area contributed by atoms with E-state index in [4.69, 9.17) is 4.74 Å². The Morgan fingerprint density at radius 3 is 2.56 bits per heavy atom. The van der Waals surface area contributed by atoms with Gasteiger partial charge in [0.1, 0.15) is 0 Å². The molecule has 0 radical (unpaired) electrons. The van der Waals surface area contributed by atoms with Gasteiger partial charge >= 0.3 is 0 Å². The third kappa shape index (κ3) is 1.65. The Morgan fingerprint density at radius 2 is 2.00 bits per heavy atom. The molecule has 3 heteroatoms. The van der Waals surface area contributed by atoms with Gasteiger partial charge in [-0.2, -0.15) is 0 Å². The van der Waals surface area contributed by atoms with E-state index in [9.17, 15) is 4.79 Å². The van der Waals surface area contributed by atoms with Gasteiger partial charge in [0.05, 0.1) is 6.10 Å². The van der Waals surface area contributed by atoms with Crippen LogP contribution in [0.4, 0.5) is 0 Å². The molecule has 3 unspecified atom stereocenters. The Labute approximate surface area is 97.9 Å². The molecule has 0 aromatic rings. The molecule has 1 saturated carbocycles. The molecule has 1 heterocycles. The number of ether oxygens (including phenoxy) is 1. The molecule has 16 heavy (non-hydrogen) atoms. The summed E-state index contributed by atoms with van der Waals surface area (Å²) in [7, 11) is 0. The van der Waals surface area contributed by atoms with Crippen molar-refractivity contribution in [3.05, 3.63) is 0 Å². The fourth-order valence-corrected chi connectivity index (χ4v) is 2.98. The van der Waals surface area contributed by atoms with Gasteiger partial charge in [-0.25, -0.2) is 0 Å². The highest BCUT2D eigenvalue weighted by Crippen LogP contribution is 2.52. The standard InChI is InChI=1S/C13H23NO2/c1-12(2,3)11(15)14-9-8-6-7-16-10(8)13(9,4)5/h8-10H,6-7H2,1-5H3,(H,14,15). The van der Waals surface area contributed by atoms with E-state index in [1.807, 2.05) is 20.8 Å². The summed E-state index contributed by atoms with van der Waals surface area (Å²) in [5, 5.41) is 3.20. The normalized spacial score (nSPS) is 36.4. The Morgan fingerprint density at radius 1 is 1.38 bits per heavy atom. The number of hydrogen-bond donors (Lipinski definition) is 1. The van der Waals surface area contributed by atoms with Crippen molar-refractivity contribution < 1.29 is 9.53 Å². The summed E-state index contributed by atoms with van der Waals surface area (Å²) in [5.74, 6) is 0.678. The van der Waals surface area contributed by atoms with Crippen molar-refractivity contribution in [2.45, 2.75) is 53.2 Å².